The molecule has 1 amide bonds. The first-order valence-corrected chi connectivity index (χ1v) is 12.4. The predicted octanol–water partition coefficient (Wildman–Crippen LogP) is 7.07. The maximum atomic E-state index is 13.4. The Balaban J connectivity index is 1.52. The quantitative estimate of drug-likeness (QED) is 0.285. The normalized spacial score (nSPS) is 16.2. The van der Waals surface area contributed by atoms with Crippen molar-refractivity contribution >= 4 is 45.5 Å². The number of aryl methyl sites for hydroxylation is 2. The van der Waals surface area contributed by atoms with E-state index in [-0.39, 0.29) is 11.7 Å². The predicted molar refractivity (Wildman–Crippen MR) is 143 cm³/mol. The summed E-state index contributed by atoms with van der Waals surface area (Å²) in [7, 11) is 0. The second-order valence-corrected chi connectivity index (χ2v) is 9.71. The monoisotopic (exact) mass is 483 g/mol. The zero-order chi connectivity index (χ0) is 24.5. The van der Waals surface area contributed by atoms with Crippen LogP contribution in [0.2, 0.25) is 0 Å². The standard InChI is InChI=1S/C29H26FN3OS/c1-4-33-28(34)27(35-29(33)31-25-15-19(2)9-10-20(25)3)16-22-18-32(26-8-6-5-7-24(22)26)17-21-11-13-23(30)14-12-21/h5-16,18H,4,17H2,1-3H3/b27-16+,31-29?. The molecule has 4 nitrogen and oxygen atoms in total. The van der Waals surface area contributed by atoms with Gasteiger partial charge in [-0.2, -0.15) is 0 Å². The molecule has 0 bridgehead atoms. The molecule has 1 aliphatic heterocycles. The molecule has 4 aromatic rings. The van der Waals surface area contributed by atoms with E-state index in [0.29, 0.717) is 23.2 Å². The maximum absolute atomic E-state index is 13.4. The van der Waals surface area contributed by atoms with Gasteiger partial charge < -0.3 is 4.57 Å². The van der Waals surface area contributed by atoms with Crippen molar-refractivity contribution in [1.29, 1.82) is 0 Å². The van der Waals surface area contributed by atoms with E-state index in [0.717, 1.165) is 38.8 Å². The summed E-state index contributed by atoms with van der Waals surface area (Å²) in [6.07, 6.45) is 4.02. The van der Waals surface area contributed by atoms with Crippen molar-refractivity contribution in [2.75, 3.05) is 6.54 Å². The number of carbonyl (C=O) groups excluding carboxylic acids is 1. The van der Waals surface area contributed by atoms with Gasteiger partial charge in [0.15, 0.2) is 5.17 Å². The number of thioether (sulfide) groups is 1. The fraction of sp³-hybridized carbons (Fsp3) is 0.172. The summed E-state index contributed by atoms with van der Waals surface area (Å²) >= 11 is 1.42. The minimum Gasteiger partial charge on any atom is -0.342 e. The molecule has 1 fully saturated rings. The lowest BCUT2D eigenvalue weighted by molar-refractivity contribution is -0.122. The number of amides is 1. The van der Waals surface area contributed by atoms with E-state index in [1.807, 2.05) is 45.0 Å². The van der Waals surface area contributed by atoms with Gasteiger partial charge in [0.1, 0.15) is 5.82 Å². The van der Waals surface area contributed by atoms with Crippen LogP contribution in [0.3, 0.4) is 0 Å². The molecule has 1 aliphatic rings. The number of aromatic nitrogens is 1. The van der Waals surface area contributed by atoms with Crippen LogP contribution in [-0.2, 0) is 11.3 Å². The van der Waals surface area contributed by atoms with Crippen molar-refractivity contribution in [3.63, 3.8) is 0 Å². The number of hydrogen-bond donors (Lipinski definition) is 0. The van der Waals surface area contributed by atoms with Crippen LogP contribution in [-0.4, -0.2) is 27.1 Å². The van der Waals surface area contributed by atoms with Crippen LogP contribution in [0.4, 0.5) is 10.1 Å². The largest absolute Gasteiger partial charge is 0.342 e. The van der Waals surface area contributed by atoms with Crippen molar-refractivity contribution in [3.05, 3.63) is 106 Å². The van der Waals surface area contributed by atoms with Crippen molar-refractivity contribution in [3.8, 4) is 0 Å². The molecule has 3 aromatic carbocycles. The highest BCUT2D eigenvalue weighted by molar-refractivity contribution is 8.18. The van der Waals surface area contributed by atoms with Crippen molar-refractivity contribution in [2.24, 2.45) is 4.99 Å². The number of fused-ring (bicyclic) bond motifs is 1. The van der Waals surface area contributed by atoms with E-state index in [2.05, 4.69) is 35.0 Å². The summed E-state index contributed by atoms with van der Waals surface area (Å²) in [5.74, 6) is -0.274. The summed E-state index contributed by atoms with van der Waals surface area (Å²) < 4.78 is 15.5. The third kappa shape index (κ3) is 4.66. The zero-order valence-corrected chi connectivity index (χ0v) is 20.8. The van der Waals surface area contributed by atoms with Crippen molar-refractivity contribution in [1.82, 2.24) is 9.47 Å². The average molecular weight is 484 g/mol. The highest BCUT2D eigenvalue weighted by Crippen LogP contribution is 2.36. The summed E-state index contributed by atoms with van der Waals surface area (Å²) in [6, 6.07) is 20.9. The summed E-state index contributed by atoms with van der Waals surface area (Å²) in [5.41, 5.74) is 6.15. The number of rotatable bonds is 5. The van der Waals surface area contributed by atoms with Crippen LogP contribution in [0.15, 0.2) is 82.8 Å². The van der Waals surface area contributed by atoms with Crippen molar-refractivity contribution < 1.29 is 9.18 Å². The first-order valence-electron chi connectivity index (χ1n) is 11.6. The Labute approximate surface area is 208 Å². The van der Waals surface area contributed by atoms with Gasteiger partial charge in [0.05, 0.1) is 10.6 Å². The third-order valence-electron chi connectivity index (χ3n) is 6.16. The first kappa shape index (κ1) is 23.1. The number of para-hydroxylation sites is 1. The van der Waals surface area contributed by atoms with E-state index in [1.54, 1.807) is 17.0 Å². The summed E-state index contributed by atoms with van der Waals surface area (Å²) in [6.45, 7) is 7.21. The van der Waals surface area contributed by atoms with Gasteiger partial charge in [-0.25, -0.2) is 9.38 Å². The summed E-state index contributed by atoms with van der Waals surface area (Å²) in [4.78, 5) is 20.5. The molecule has 0 atom stereocenters. The second-order valence-electron chi connectivity index (χ2n) is 8.70. The number of aliphatic imine (C=N–C) groups is 1. The Morgan fingerprint density at radius 1 is 1.03 bits per heavy atom. The Hall–Kier alpha value is -3.64. The van der Waals surface area contributed by atoms with Gasteiger partial charge in [0.25, 0.3) is 5.91 Å². The average Bonchev–Trinajstić information content (AvgIpc) is 3.34. The molecular formula is C29H26FN3OS. The molecule has 6 heteroatoms. The van der Waals surface area contributed by atoms with Gasteiger partial charge in [-0.3, -0.25) is 9.69 Å². The van der Waals surface area contributed by atoms with Gasteiger partial charge >= 0.3 is 0 Å². The van der Waals surface area contributed by atoms with Crippen LogP contribution >= 0.6 is 11.8 Å². The SMILES string of the molecule is CCN1C(=O)/C(=C\c2cn(Cc3ccc(F)cc3)c3ccccc23)SC1=Nc1cc(C)ccc1C. The van der Waals surface area contributed by atoms with Gasteiger partial charge in [0, 0.05) is 35.8 Å². The number of amidine groups is 1. The van der Waals surface area contributed by atoms with Crippen molar-refractivity contribution in [2.45, 2.75) is 27.3 Å². The summed E-state index contributed by atoms with van der Waals surface area (Å²) in [5, 5.41) is 1.77. The highest BCUT2D eigenvalue weighted by Gasteiger charge is 2.32. The topological polar surface area (TPSA) is 37.6 Å². The molecule has 35 heavy (non-hydrogen) atoms. The molecule has 0 unspecified atom stereocenters. The van der Waals surface area contributed by atoms with E-state index >= 15 is 0 Å². The number of benzene rings is 3. The number of hydrogen-bond acceptors (Lipinski definition) is 3. The molecule has 2 heterocycles. The van der Waals surface area contributed by atoms with Gasteiger partial charge in [-0.05, 0) is 79.6 Å². The smallest absolute Gasteiger partial charge is 0.266 e. The fourth-order valence-corrected chi connectivity index (χ4v) is 5.31. The number of likely N-dealkylation sites (N-methyl/N-ethyl adjacent to an activating group) is 1. The second kappa shape index (κ2) is 9.55. The molecule has 0 spiro atoms. The highest BCUT2D eigenvalue weighted by atomic mass is 32.2. The van der Waals surface area contributed by atoms with E-state index in [9.17, 15) is 9.18 Å². The Kier molecular flexibility index (Phi) is 6.31. The van der Waals surface area contributed by atoms with Crippen LogP contribution < -0.4 is 0 Å². The molecule has 0 radical (unpaired) electrons. The van der Waals surface area contributed by atoms with Gasteiger partial charge in [-0.1, -0.05) is 42.5 Å². The molecule has 1 saturated heterocycles. The van der Waals surface area contributed by atoms with E-state index in [4.69, 9.17) is 4.99 Å². The molecule has 0 aliphatic carbocycles. The Morgan fingerprint density at radius 2 is 1.80 bits per heavy atom. The lowest BCUT2D eigenvalue weighted by Gasteiger charge is -2.12. The van der Waals surface area contributed by atoms with E-state index < -0.39 is 0 Å². The van der Waals surface area contributed by atoms with Crippen LogP contribution in [0, 0.1) is 19.7 Å². The maximum Gasteiger partial charge on any atom is 0.266 e. The van der Waals surface area contributed by atoms with Crippen LogP contribution in [0.1, 0.15) is 29.2 Å². The lowest BCUT2D eigenvalue weighted by atomic mass is 10.1. The van der Waals surface area contributed by atoms with Crippen LogP contribution in [0.5, 0.6) is 0 Å². The number of carbonyl (C=O) groups is 1. The zero-order valence-electron chi connectivity index (χ0n) is 20.0. The van der Waals surface area contributed by atoms with Gasteiger partial charge in [0.2, 0.25) is 0 Å². The molecule has 176 valence electrons. The van der Waals surface area contributed by atoms with Gasteiger partial charge in [-0.15, -0.1) is 0 Å². The number of nitrogens with zero attached hydrogens (tertiary/aromatic N) is 3. The molecule has 1 aromatic heterocycles. The minimum atomic E-state index is -0.243. The first-order chi connectivity index (χ1) is 16.9. The molecule has 0 saturated carbocycles. The molecule has 0 N–H and O–H groups in total. The lowest BCUT2D eigenvalue weighted by Crippen LogP contribution is -2.28. The fourth-order valence-electron chi connectivity index (χ4n) is 4.26. The Bertz CT molecular complexity index is 1480. The number of halogens is 1. The Morgan fingerprint density at radius 3 is 2.57 bits per heavy atom. The minimum absolute atomic E-state index is 0.0306. The van der Waals surface area contributed by atoms with E-state index in [1.165, 1.54) is 23.9 Å². The van der Waals surface area contributed by atoms with Crippen LogP contribution in [0.25, 0.3) is 17.0 Å². The molecular weight excluding hydrogens is 457 g/mol. The third-order valence-corrected chi connectivity index (χ3v) is 7.16. The molecule has 5 rings (SSSR count).